The molecule has 2 heterocycles. The van der Waals surface area contributed by atoms with Crippen LogP contribution in [0.3, 0.4) is 0 Å². The van der Waals surface area contributed by atoms with Crippen LogP contribution in [0, 0.1) is 0 Å². The third-order valence-corrected chi connectivity index (χ3v) is 3.65. The maximum absolute atomic E-state index is 11.9. The van der Waals surface area contributed by atoms with Crippen molar-refractivity contribution in [3.8, 4) is 0 Å². The van der Waals surface area contributed by atoms with E-state index in [9.17, 15) is 4.79 Å². The largest absolute Gasteiger partial charge is 0.320 e. The van der Waals surface area contributed by atoms with Crippen LogP contribution in [0.25, 0.3) is 0 Å². The van der Waals surface area contributed by atoms with Crippen molar-refractivity contribution in [2.24, 2.45) is 4.99 Å². The van der Waals surface area contributed by atoms with Gasteiger partial charge in [0.25, 0.3) is 5.91 Å². The predicted octanol–water partition coefficient (Wildman–Crippen LogP) is 2.63. The van der Waals surface area contributed by atoms with Crippen LogP contribution >= 0.6 is 11.8 Å². The monoisotopic (exact) mass is 242 g/mol. The topological polar surface area (TPSA) is 41.5 Å². The molecular weight excluding hydrogens is 232 g/mol. The van der Waals surface area contributed by atoms with Gasteiger partial charge in [0, 0.05) is 11.1 Å². The molecule has 3 rings (SSSR count). The molecule has 1 amide bonds. The minimum atomic E-state index is -0.0464. The Balaban J connectivity index is 1.94. The molecule has 1 aromatic rings. The minimum Gasteiger partial charge on any atom is -0.320 e. The standard InChI is InChI=1S/C13H10N2OS/c16-13-12(7-9-5-6-14-8-9)17-11-4-2-1-3-10(11)15-13/h1-5,7-8H,6H2,(H,15,16)/b12-7+. The predicted molar refractivity (Wildman–Crippen MR) is 70.5 cm³/mol. The highest BCUT2D eigenvalue weighted by Gasteiger charge is 2.20. The number of anilines is 1. The number of benzene rings is 1. The molecule has 0 fully saturated rings. The van der Waals surface area contributed by atoms with Crippen LogP contribution in [0.2, 0.25) is 0 Å². The summed E-state index contributed by atoms with van der Waals surface area (Å²) >= 11 is 1.50. The molecule has 0 bridgehead atoms. The summed E-state index contributed by atoms with van der Waals surface area (Å²) in [7, 11) is 0. The zero-order valence-corrected chi connectivity index (χ0v) is 9.83. The highest BCUT2D eigenvalue weighted by atomic mass is 32.2. The molecular formula is C13H10N2OS. The summed E-state index contributed by atoms with van der Waals surface area (Å²) in [5.41, 5.74) is 1.88. The Labute approximate surface area is 103 Å². The molecule has 3 nitrogen and oxygen atoms in total. The van der Waals surface area contributed by atoms with Crippen LogP contribution in [0.5, 0.6) is 0 Å². The van der Waals surface area contributed by atoms with Gasteiger partial charge < -0.3 is 5.32 Å². The molecule has 84 valence electrons. The Morgan fingerprint density at radius 2 is 2.24 bits per heavy atom. The maximum Gasteiger partial charge on any atom is 0.262 e. The van der Waals surface area contributed by atoms with Gasteiger partial charge in [0.2, 0.25) is 0 Å². The van der Waals surface area contributed by atoms with E-state index < -0.39 is 0 Å². The highest BCUT2D eigenvalue weighted by molar-refractivity contribution is 8.04. The lowest BCUT2D eigenvalue weighted by Crippen LogP contribution is -2.17. The number of amides is 1. The zero-order chi connectivity index (χ0) is 11.7. The van der Waals surface area contributed by atoms with Crippen LogP contribution in [0.1, 0.15) is 0 Å². The first-order chi connectivity index (χ1) is 8.33. The second-order valence-electron chi connectivity index (χ2n) is 3.76. The lowest BCUT2D eigenvalue weighted by molar-refractivity contribution is -0.112. The van der Waals surface area contributed by atoms with Crippen molar-refractivity contribution in [3.63, 3.8) is 0 Å². The van der Waals surface area contributed by atoms with Crippen molar-refractivity contribution >= 4 is 29.6 Å². The molecule has 0 saturated heterocycles. The van der Waals surface area contributed by atoms with Crippen molar-refractivity contribution in [2.45, 2.75) is 4.90 Å². The number of rotatable bonds is 1. The molecule has 0 saturated carbocycles. The maximum atomic E-state index is 11.9. The van der Waals surface area contributed by atoms with Gasteiger partial charge in [0.1, 0.15) is 0 Å². The van der Waals surface area contributed by atoms with Gasteiger partial charge in [-0.25, -0.2) is 0 Å². The van der Waals surface area contributed by atoms with Gasteiger partial charge in [-0.1, -0.05) is 30.0 Å². The fourth-order valence-electron chi connectivity index (χ4n) is 1.72. The van der Waals surface area contributed by atoms with Gasteiger partial charge in [-0.05, 0) is 23.8 Å². The Morgan fingerprint density at radius 3 is 3.06 bits per heavy atom. The number of nitrogens with zero attached hydrogens (tertiary/aromatic N) is 1. The number of aliphatic imine (C=N–C) groups is 1. The summed E-state index contributed by atoms with van der Waals surface area (Å²) in [6.07, 6.45) is 5.68. The van der Waals surface area contributed by atoms with Crippen molar-refractivity contribution in [1.29, 1.82) is 0 Å². The fraction of sp³-hybridized carbons (Fsp3) is 0.0769. The first-order valence-electron chi connectivity index (χ1n) is 5.33. The van der Waals surface area contributed by atoms with E-state index in [4.69, 9.17) is 0 Å². The summed E-state index contributed by atoms with van der Waals surface area (Å²) in [4.78, 5) is 17.8. The zero-order valence-electron chi connectivity index (χ0n) is 9.01. The van der Waals surface area contributed by atoms with Crippen LogP contribution in [0.4, 0.5) is 5.69 Å². The van der Waals surface area contributed by atoms with E-state index in [-0.39, 0.29) is 5.91 Å². The van der Waals surface area contributed by atoms with Gasteiger partial charge >= 0.3 is 0 Å². The lowest BCUT2D eigenvalue weighted by Gasteiger charge is -2.18. The second kappa shape index (κ2) is 4.22. The van der Waals surface area contributed by atoms with E-state index in [1.807, 2.05) is 36.4 Å². The van der Waals surface area contributed by atoms with E-state index in [1.165, 1.54) is 11.8 Å². The fourth-order valence-corrected chi connectivity index (χ4v) is 2.67. The van der Waals surface area contributed by atoms with Crippen molar-refractivity contribution in [3.05, 3.63) is 46.9 Å². The smallest absolute Gasteiger partial charge is 0.262 e. The van der Waals surface area contributed by atoms with Crippen LogP contribution in [0.15, 0.2) is 56.8 Å². The average molecular weight is 242 g/mol. The summed E-state index contributed by atoms with van der Waals surface area (Å²) in [6, 6.07) is 7.80. The van der Waals surface area contributed by atoms with E-state index >= 15 is 0 Å². The highest BCUT2D eigenvalue weighted by Crippen LogP contribution is 2.38. The third kappa shape index (κ3) is 2.03. The summed E-state index contributed by atoms with van der Waals surface area (Å²) in [5.74, 6) is -0.0464. The number of allylic oxidation sites excluding steroid dienone is 2. The molecule has 0 radical (unpaired) electrons. The van der Waals surface area contributed by atoms with Crippen molar-refractivity contribution in [2.75, 3.05) is 11.9 Å². The number of hydrogen-bond donors (Lipinski definition) is 1. The molecule has 0 unspecified atom stereocenters. The summed E-state index contributed by atoms with van der Waals surface area (Å²) in [5, 5.41) is 2.88. The summed E-state index contributed by atoms with van der Waals surface area (Å²) < 4.78 is 0. The molecule has 17 heavy (non-hydrogen) atoms. The van der Waals surface area contributed by atoms with Crippen molar-refractivity contribution < 1.29 is 4.79 Å². The van der Waals surface area contributed by atoms with Crippen LogP contribution in [-0.4, -0.2) is 18.7 Å². The van der Waals surface area contributed by atoms with Crippen LogP contribution < -0.4 is 5.32 Å². The molecule has 0 aromatic heterocycles. The molecule has 1 aromatic carbocycles. The Kier molecular flexibility index (Phi) is 2.57. The van der Waals surface area contributed by atoms with Gasteiger partial charge in [-0.15, -0.1) is 0 Å². The van der Waals surface area contributed by atoms with Gasteiger partial charge in [-0.2, -0.15) is 0 Å². The Morgan fingerprint density at radius 1 is 1.35 bits per heavy atom. The number of hydrogen-bond acceptors (Lipinski definition) is 3. The van der Waals surface area contributed by atoms with Crippen molar-refractivity contribution in [1.82, 2.24) is 0 Å². The molecule has 0 spiro atoms. The normalized spacial score (nSPS) is 20.1. The first kappa shape index (κ1) is 10.4. The molecule has 1 N–H and O–H groups in total. The summed E-state index contributed by atoms with van der Waals surface area (Å²) in [6.45, 7) is 0.710. The van der Waals surface area contributed by atoms with E-state index in [2.05, 4.69) is 10.3 Å². The molecule has 4 heteroatoms. The van der Waals surface area contributed by atoms with E-state index in [0.717, 1.165) is 16.2 Å². The Bertz CT molecular complexity index is 573. The van der Waals surface area contributed by atoms with Gasteiger partial charge in [0.05, 0.1) is 17.1 Å². The van der Waals surface area contributed by atoms with Crippen LogP contribution in [-0.2, 0) is 4.79 Å². The molecule has 0 atom stereocenters. The van der Waals surface area contributed by atoms with E-state index in [0.29, 0.717) is 11.4 Å². The van der Waals surface area contributed by atoms with E-state index in [1.54, 1.807) is 6.21 Å². The number of fused-ring (bicyclic) bond motifs is 1. The minimum absolute atomic E-state index is 0.0464. The number of thioether (sulfide) groups is 1. The number of carbonyl (C=O) groups is 1. The number of para-hydroxylation sites is 1. The number of carbonyl (C=O) groups excluding carboxylic acids is 1. The SMILES string of the molecule is O=C1Nc2ccccc2S/C1=C/C1=CCN=C1. The van der Waals surface area contributed by atoms with Gasteiger partial charge in [-0.3, -0.25) is 9.79 Å². The first-order valence-corrected chi connectivity index (χ1v) is 6.14. The molecule has 2 aliphatic rings. The lowest BCUT2D eigenvalue weighted by atomic mass is 10.2. The Hall–Kier alpha value is -1.81. The molecule has 0 aliphatic carbocycles. The quantitative estimate of drug-likeness (QED) is 0.769. The second-order valence-corrected chi connectivity index (χ2v) is 4.84. The van der Waals surface area contributed by atoms with Gasteiger partial charge in [0.15, 0.2) is 0 Å². The number of nitrogens with one attached hydrogen (secondary N) is 1. The third-order valence-electron chi connectivity index (χ3n) is 2.55. The molecule has 2 aliphatic heterocycles. The average Bonchev–Trinajstić information content (AvgIpc) is 2.83.